The minimum atomic E-state index is -0.201. The summed E-state index contributed by atoms with van der Waals surface area (Å²) in [5, 5.41) is 0. The van der Waals surface area contributed by atoms with Crippen LogP contribution in [-0.2, 0) is 9.59 Å². The van der Waals surface area contributed by atoms with E-state index in [1.54, 1.807) is 0 Å². The molecule has 6 atom stereocenters. The third-order valence-electron chi connectivity index (χ3n) is 7.10. The van der Waals surface area contributed by atoms with Gasteiger partial charge in [0.1, 0.15) is 11.5 Å². The summed E-state index contributed by atoms with van der Waals surface area (Å²) in [6, 6.07) is 13.5. The van der Waals surface area contributed by atoms with Crippen LogP contribution in [-0.4, -0.2) is 21.5 Å². The van der Waals surface area contributed by atoms with Crippen LogP contribution < -0.4 is 9.64 Å². The van der Waals surface area contributed by atoms with Crippen molar-refractivity contribution in [3.05, 3.63) is 53.6 Å². The normalized spacial score (nSPS) is 31.6. The van der Waals surface area contributed by atoms with Crippen LogP contribution in [0.1, 0.15) is 37.3 Å². The number of hydrogen-bond acceptors (Lipinski definition) is 3. The second-order valence-corrected chi connectivity index (χ2v) is 11.4. The van der Waals surface area contributed by atoms with Crippen molar-refractivity contribution in [3.8, 4) is 11.5 Å². The molecule has 5 rings (SSSR count). The van der Waals surface area contributed by atoms with E-state index in [0.717, 1.165) is 23.3 Å². The Morgan fingerprint density at radius 1 is 0.935 bits per heavy atom. The number of benzene rings is 2. The third-order valence-corrected chi connectivity index (χ3v) is 10.3. The maximum atomic E-state index is 13.2. The fraction of sp³-hybridized carbons (Fsp3) is 0.440. The molecule has 162 valence electrons. The van der Waals surface area contributed by atoms with Gasteiger partial charge in [-0.25, -0.2) is 0 Å². The molecule has 6 heteroatoms. The average Bonchev–Trinajstić information content (AvgIpc) is 3.33. The summed E-state index contributed by atoms with van der Waals surface area (Å²) in [7, 11) is 0. The molecule has 31 heavy (non-hydrogen) atoms. The Hall–Kier alpha value is -1.66. The standard InChI is InChI=1S/C25H25Br2NO3/c1-12(2)16-9-4-13(3)10-19(16)31-15-7-5-14(6-8-15)28-24(29)20-17-11-18(21(20)25(28)30)23(27)22(17)26/h4-10,12,17-18,20-23H,11H2,1-3H3. The number of rotatable bonds is 4. The van der Waals surface area contributed by atoms with Crippen LogP contribution in [0.2, 0.25) is 0 Å². The van der Waals surface area contributed by atoms with Crippen LogP contribution in [0.15, 0.2) is 42.5 Å². The fourth-order valence-electron chi connectivity index (χ4n) is 5.60. The van der Waals surface area contributed by atoms with Gasteiger partial charge in [0.25, 0.3) is 0 Å². The van der Waals surface area contributed by atoms with Gasteiger partial charge in [0.05, 0.1) is 17.5 Å². The zero-order chi connectivity index (χ0) is 22.0. The first-order valence-corrected chi connectivity index (χ1v) is 12.7. The first-order chi connectivity index (χ1) is 14.8. The van der Waals surface area contributed by atoms with Gasteiger partial charge in [0, 0.05) is 9.65 Å². The van der Waals surface area contributed by atoms with Gasteiger partial charge < -0.3 is 4.74 Å². The molecule has 4 nitrogen and oxygen atoms in total. The van der Waals surface area contributed by atoms with Gasteiger partial charge in [-0.3, -0.25) is 14.5 Å². The lowest BCUT2D eigenvalue weighted by molar-refractivity contribution is -0.123. The predicted octanol–water partition coefficient (Wildman–Crippen LogP) is 6.19. The summed E-state index contributed by atoms with van der Waals surface area (Å²) < 4.78 is 6.17. The van der Waals surface area contributed by atoms with Crippen molar-refractivity contribution in [1.29, 1.82) is 0 Å². The van der Waals surface area contributed by atoms with Gasteiger partial charge in [0.2, 0.25) is 11.8 Å². The number of nitrogens with zero attached hydrogens (tertiary/aromatic N) is 1. The molecule has 1 heterocycles. The second-order valence-electron chi connectivity index (χ2n) is 9.31. The van der Waals surface area contributed by atoms with E-state index in [9.17, 15) is 9.59 Å². The van der Waals surface area contributed by atoms with E-state index in [2.05, 4.69) is 57.8 Å². The number of halogens is 2. The molecule has 2 aromatic rings. The van der Waals surface area contributed by atoms with Crippen molar-refractivity contribution in [2.75, 3.05) is 4.90 Å². The number of carbonyl (C=O) groups excluding carboxylic acids is 2. The van der Waals surface area contributed by atoms with Crippen molar-refractivity contribution in [1.82, 2.24) is 0 Å². The molecule has 0 N–H and O–H groups in total. The van der Waals surface area contributed by atoms with Crippen LogP contribution in [0.3, 0.4) is 0 Å². The lowest BCUT2D eigenvalue weighted by Gasteiger charge is -2.28. The minimum Gasteiger partial charge on any atom is -0.457 e. The average molecular weight is 547 g/mol. The Labute approximate surface area is 199 Å². The maximum Gasteiger partial charge on any atom is 0.238 e. The van der Waals surface area contributed by atoms with Gasteiger partial charge in [-0.1, -0.05) is 57.8 Å². The Morgan fingerprint density at radius 3 is 2.06 bits per heavy atom. The van der Waals surface area contributed by atoms with Gasteiger partial charge in [-0.2, -0.15) is 0 Å². The van der Waals surface area contributed by atoms with E-state index in [0.29, 0.717) is 17.4 Å². The summed E-state index contributed by atoms with van der Waals surface area (Å²) >= 11 is 7.47. The second kappa shape index (κ2) is 7.73. The van der Waals surface area contributed by atoms with Crippen molar-refractivity contribution < 1.29 is 14.3 Å². The quantitative estimate of drug-likeness (QED) is 0.339. The molecule has 2 amide bonds. The molecule has 2 saturated carbocycles. The first kappa shape index (κ1) is 21.2. The zero-order valence-electron chi connectivity index (χ0n) is 17.7. The van der Waals surface area contributed by atoms with E-state index in [1.807, 2.05) is 37.3 Å². The number of ether oxygens (including phenoxy) is 1. The number of carbonyl (C=O) groups is 2. The minimum absolute atomic E-state index is 0.0548. The lowest BCUT2D eigenvalue weighted by atomic mass is 9.81. The Morgan fingerprint density at radius 2 is 1.52 bits per heavy atom. The summed E-state index contributed by atoms with van der Waals surface area (Å²) in [6.07, 6.45) is 0.938. The number of alkyl halides is 2. The molecule has 3 aliphatic rings. The molecule has 2 bridgehead atoms. The van der Waals surface area contributed by atoms with Crippen LogP contribution in [0, 0.1) is 30.6 Å². The Balaban J connectivity index is 1.39. The number of hydrogen-bond donors (Lipinski definition) is 0. The SMILES string of the molecule is Cc1ccc(C(C)C)c(Oc2ccc(N3C(=O)C4C5CC(C(Br)C5Br)C4C3=O)cc2)c1. The topological polar surface area (TPSA) is 46.6 Å². The predicted molar refractivity (Wildman–Crippen MR) is 128 cm³/mol. The lowest BCUT2D eigenvalue weighted by Crippen LogP contribution is -2.37. The highest BCUT2D eigenvalue weighted by atomic mass is 79.9. The number of fused-ring (bicyclic) bond motifs is 5. The number of amides is 2. The molecule has 1 saturated heterocycles. The van der Waals surface area contributed by atoms with Crippen LogP contribution in [0.25, 0.3) is 0 Å². The zero-order valence-corrected chi connectivity index (χ0v) is 20.9. The summed E-state index contributed by atoms with van der Waals surface area (Å²) in [6.45, 7) is 6.33. The highest BCUT2D eigenvalue weighted by molar-refractivity contribution is 9.12. The Bertz CT molecular complexity index is 1020. The van der Waals surface area contributed by atoms with Gasteiger partial charge in [-0.15, -0.1) is 0 Å². The molecule has 0 spiro atoms. The van der Waals surface area contributed by atoms with Crippen LogP contribution in [0.5, 0.6) is 11.5 Å². The molecule has 1 aliphatic heterocycles. The van der Waals surface area contributed by atoms with Gasteiger partial charge >= 0.3 is 0 Å². The highest BCUT2D eigenvalue weighted by Gasteiger charge is 2.66. The molecular formula is C25H25Br2NO3. The van der Waals surface area contributed by atoms with E-state index in [-0.39, 0.29) is 45.1 Å². The smallest absolute Gasteiger partial charge is 0.238 e. The number of imide groups is 1. The van der Waals surface area contributed by atoms with E-state index in [1.165, 1.54) is 4.90 Å². The van der Waals surface area contributed by atoms with Gasteiger partial charge in [-0.05, 0) is 72.6 Å². The summed E-state index contributed by atoms with van der Waals surface area (Å²) in [5.74, 6) is 1.81. The summed E-state index contributed by atoms with van der Waals surface area (Å²) in [4.78, 5) is 28.3. The molecule has 0 radical (unpaired) electrons. The fourth-order valence-corrected chi connectivity index (χ4v) is 7.47. The molecule has 2 aliphatic carbocycles. The number of anilines is 1. The van der Waals surface area contributed by atoms with E-state index < -0.39 is 0 Å². The van der Waals surface area contributed by atoms with Crippen LogP contribution in [0.4, 0.5) is 5.69 Å². The van der Waals surface area contributed by atoms with Crippen molar-refractivity contribution >= 4 is 49.4 Å². The number of aryl methyl sites for hydroxylation is 1. The van der Waals surface area contributed by atoms with Crippen molar-refractivity contribution in [3.63, 3.8) is 0 Å². The molecule has 2 aromatic carbocycles. The Kier molecular flexibility index (Phi) is 5.29. The van der Waals surface area contributed by atoms with Crippen molar-refractivity contribution in [2.24, 2.45) is 23.7 Å². The summed E-state index contributed by atoms with van der Waals surface area (Å²) in [5.41, 5.74) is 2.92. The van der Waals surface area contributed by atoms with Crippen LogP contribution >= 0.6 is 31.9 Å². The largest absolute Gasteiger partial charge is 0.457 e. The maximum absolute atomic E-state index is 13.2. The first-order valence-electron chi connectivity index (χ1n) is 10.8. The molecular weight excluding hydrogens is 522 g/mol. The van der Waals surface area contributed by atoms with Crippen molar-refractivity contribution in [2.45, 2.75) is 42.8 Å². The van der Waals surface area contributed by atoms with E-state index in [4.69, 9.17) is 4.74 Å². The molecule has 3 fully saturated rings. The highest BCUT2D eigenvalue weighted by Crippen LogP contribution is 2.60. The molecule has 0 aromatic heterocycles. The van der Waals surface area contributed by atoms with Gasteiger partial charge in [0.15, 0.2) is 0 Å². The monoisotopic (exact) mass is 545 g/mol. The molecule has 6 unspecified atom stereocenters. The van der Waals surface area contributed by atoms with E-state index >= 15 is 0 Å². The third kappa shape index (κ3) is 3.29.